The second-order valence-corrected chi connectivity index (χ2v) is 17.0. The van der Waals surface area contributed by atoms with Crippen LogP contribution in [0.4, 0.5) is 5.69 Å². The van der Waals surface area contributed by atoms with E-state index in [2.05, 4.69) is 15.3 Å². The molecule has 1 unspecified atom stereocenters. The van der Waals surface area contributed by atoms with Crippen molar-refractivity contribution in [2.75, 3.05) is 39.6 Å². The Bertz CT molecular complexity index is 2130. The van der Waals surface area contributed by atoms with Crippen molar-refractivity contribution >= 4 is 40.3 Å². The van der Waals surface area contributed by atoms with Crippen molar-refractivity contribution < 1.29 is 58.9 Å². The number of carbonyl (C=O) groups excluding carboxylic acids is 3. The molecule has 0 aliphatic carbocycles. The molecule has 334 valence electrons. The number of amides is 1. The van der Waals surface area contributed by atoms with Gasteiger partial charge in [-0.15, -0.1) is 0 Å². The quantitative estimate of drug-likeness (QED) is 0.0997. The van der Waals surface area contributed by atoms with Crippen molar-refractivity contribution in [1.29, 1.82) is 0 Å². The lowest BCUT2D eigenvalue weighted by Gasteiger charge is -2.38. The summed E-state index contributed by atoms with van der Waals surface area (Å²) in [7, 11) is 5.40. The van der Waals surface area contributed by atoms with E-state index in [0.29, 0.717) is 13.1 Å². The van der Waals surface area contributed by atoms with Crippen LogP contribution in [0.1, 0.15) is 82.8 Å². The van der Waals surface area contributed by atoms with Crippen LogP contribution in [0, 0.1) is 30.6 Å². The topological polar surface area (TPSA) is 220 Å². The first kappa shape index (κ1) is 46.9. The van der Waals surface area contributed by atoms with Gasteiger partial charge in [-0.25, -0.2) is 0 Å². The number of hydrogen-bond acceptors (Lipinski definition) is 15. The molecule has 4 heterocycles. The molecule has 1 saturated heterocycles. The number of benzene rings is 2. The third kappa shape index (κ3) is 9.37. The Morgan fingerprint density at radius 2 is 1.69 bits per heavy atom. The minimum Gasteiger partial charge on any atom is -0.507 e. The number of nitrogens with zero attached hydrogens (tertiary/aromatic N) is 3. The molecule has 16 heteroatoms. The number of aromatic hydroxyl groups is 3. The van der Waals surface area contributed by atoms with Crippen LogP contribution < -0.4 is 10.1 Å². The molecular formula is C45H62N4O12. The zero-order chi connectivity index (χ0) is 45.2. The number of rotatable bonds is 5. The van der Waals surface area contributed by atoms with Crippen molar-refractivity contribution in [2.24, 2.45) is 28.8 Å². The molecule has 0 aromatic heterocycles. The van der Waals surface area contributed by atoms with Gasteiger partial charge in [-0.2, -0.15) is 5.10 Å². The smallest absolute Gasteiger partial charge is 0.312 e. The number of esters is 1. The molecule has 6 rings (SSSR count). The zero-order valence-electron chi connectivity index (χ0n) is 36.9. The van der Waals surface area contributed by atoms with Gasteiger partial charge in [0.25, 0.3) is 11.7 Å². The number of carbonyl (C=O) groups is 3. The predicted octanol–water partition coefficient (Wildman–Crippen LogP) is 5.11. The molecule has 1 amide bonds. The van der Waals surface area contributed by atoms with Gasteiger partial charge >= 0.3 is 11.8 Å². The van der Waals surface area contributed by atoms with Gasteiger partial charge in [0, 0.05) is 73.7 Å². The average molecular weight is 851 g/mol. The number of hydrogen-bond donors (Lipinski definition) is 6. The number of anilines is 1. The molecule has 2 aromatic carbocycles. The summed E-state index contributed by atoms with van der Waals surface area (Å²) in [5, 5.41) is 67.3. The molecule has 4 aliphatic rings. The van der Waals surface area contributed by atoms with E-state index in [1.165, 1.54) is 59.4 Å². The third-order valence-corrected chi connectivity index (χ3v) is 12.5. The van der Waals surface area contributed by atoms with E-state index in [4.69, 9.17) is 18.9 Å². The normalized spacial score (nSPS) is 32.4. The molecule has 5 bridgehead atoms. The highest BCUT2D eigenvalue weighted by Gasteiger charge is 2.50. The number of Topliss-reactive ketones (excluding diaryl/α,β-unsaturated/α-hetero) is 1. The Morgan fingerprint density at radius 1 is 1.00 bits per heavy atom. The summed E-state index contributed by atoms with van der Waals surface area (Å²) in [5.41, 5.74) is -0.343. The van der Waals surface area contributed by atoms with Crippen LogP contribution >= 0.6 is 0 Å². The number of allylic oxidation sites excluding steroid dienone is 2. The van der Waals surface area contributed by atoms with Crippen molar-refractivity contribution in [3.8, 4) is 23.0 Å². The van der Waals surface area contributed by atoms with Gasteiger partial charge in [-0.05, 0) is 46.9 Å². The number of ketones is 1. The second kappa shape index (κ2) is 18.8. The fourth-order valence-electron chi connectivity index (χ4n) is 8.47. The summed E-state index contributed by atoms with van der Waals surface area (Å²) >= 11 is 0. The van der Waals surface area contributed by atoms with Crippen molar-refractivity contribution in [3.05, 3.63) is 52.8 Å². The molecule has 1 fully saturated rings. The number of ether oxygens (including phenoxy) is 4. The van der Waals surface area contributed by atoms with Gasteiger partial charge < -0.3 is 54.7 Å². The fraction of sp³-hybridized carbons (Fsp3) is 0.556. The van der Waals surface area contributed by atoms with Crippen LogP contribution in [-0.2, 0) is 23.8 Å². The molecule has 4 aliphatic heterocycles. The van der Waals surface area contributed by atoms with Gasteiger partial charge in [0.2, 0.25) is 0 Å². The lowest BCUT2D eigenvalue weighted by Crippen LogP contribution is -2.46. The highest BCUT2D eigenvalue weighted by molar-refractivity contribution is 6.23. The van der Waals surface area contributed by atoms with Crippen molar-refractivity contribution in [2.45, 2.75) is 104 Å². The minimum atomic E-state index is -2.05. The van der Waals surface area contributed by atoms with E-state index in [1.54, 1.807) is 39.8 Å². The molecule has 0 spiro atoms. The van der Waals surface area contributed by atoms with Crippen molar-refractivity contribution in [3.63, 3.8) is 0 Å². The number of aliphatic hydroxyl groups excluding tert-OH is 2. The first-order chi connectivity index (χ1) is 28.6. The van der Waals surface area contributed by atoms with Crippen LogP contribution in [0.25, 0.3) is 10.8 Å². The number of methoxy groups -OCH3 is 1. The lowest BCUT2D eigenvalue weighted by molar-refractivity contribution is -0.160. The number of hydrazone groups is 1. The molecule has 2 aromatic rings. The Labute approximate surface area is 357 Å². The first-order valence-electron chi connectivity index (χ1n) is 20.7. The SMILES string of the molecule is CO[C@H]1/C=C/O[C@@]2(C)Oc3c(C)c(O)c4c(O)c(c(/C=N/N5CCCC(N(C)C)C5)c(O)c4c3C2=O)NC(=O)/C(C)=C\C=C\[C@H](C)[C@H](O)[C@@H](C)[C@@H](O)[C@@H](C)[C@H](OC(C)=O)[C@@H]1C. The highest BCUT2D eigenvalue weighted by atomic mass is 16.7. The standard InChI is InChI=1S/C45H62N4O12/c1-22-14-12-15-23(2)44(57)47-35-30(20-46-49-18-13-16-29(21-49)48(9)10)39(54)32-33(40(35)55)38(53)27(6)42-34(32)43(56)45(8,61-42)59-19-17-31(58-11)24(3)41(60-28(7)50)26(5)37(52)25(4)36(22)51/h12,14-15,17,19-20,22,24-26,29,31,36-37,41,51-55H,13,16,18,21H2,1-11H3,(H,47,57)/b14-12+,19-17+,23-15-,46-20+/t22-,24+,25+,26+,29?,31-,36-,37+,41+,45-/m0/s1. The number of phenolic OH excluding ortho intramolecular Hbond substituents is 3. The maximum Gasteiger partial charge on any atom is 0.312 e. The molecular weight excluding hydrogens is 789 g/mol. The Hall–Kier alpha value is -5.16. The van der Waals surface area contributed by atoms with Gasteiger partial charge in [0.05, 0.1) is 59.5 Å². The molecule has 0 saturated carbocycles. The van der Waals surface area contributed by atoms with Gasteiger partial charge in [-0.3, -0.25) is 19.4 Å². The molecule has 16 nitrogen and oxygen atoms in total. The number of likely N-dealkylation sites (N-methyl/N-ethyl adjacent to an activating group) is 1. The third-order valence-electron chi connectivity index (χ3n) is 12.5. The van der Waals surface area contributed by atoms with E-state index < -0.39 is 88.8 Å². The van der Waals surface area contributed by atoms with Crippen LogP contribution in [0.15, 0.2) is 41.2 Å². The Morgan fingerprint density at radius 3 is 2.33 bits per heavy atom. The lowest BCUT2D eigenvalue weighted by atomic mass is 9.78. The first-order valence-corrected chi connectivity index (χ1v) is 20.7. The number of fused-ring (bicyclic) bond motifs is 14. The summed E-state index contributed by atoms with van der Waals surface area (Å²) in [5.74, 6) is -8.35. The summed E-state index contributed by atoms with van der Waals surface area (Å²) < 4.78 is 23.7. The molecule has 61 heavy (non-hydrogen) atoms. The minimum absolute atomic E-state index is 0.0565. The summed E-state index contributed by atoms with van der Waals surface area (Å²) in [6.45, 7) is 13.7. The summed E-state index contributed by atoms with van der Waals surface area (Å²) in [4.78, 5) is 42.8. The Kier molecular flexibility index (Phi) is 14.5. The van der Waals surface area contributed by atoms with E-state index in [1.807, 2.05) is 19.1 Å². The molecule has 10 atom stereocenters. The fourth-order valence-corrected chi connectivity index (χ4v) is 8.47. The summed E-state index contributed by atoms with van der Waals surface area (Å²) in [6, 6.07) is 0.204. The van der Waals surface area contributed by atoms with E-state index in [0.717, 1.165) is 12.8 Å². The average Bonchev–Trinajstić information content (AvgIpc) is 3.48. The van der Waals surface area contributed by atoms with Crippen molar-refractivity contribution in [1.82, 2.24) is 9.91 Å². The zero-order valence-corrected chi connectivity index (χ0v) is 36.9. The number of nitrogens with one attached hydrogen (secondary N) is 1. The second-order valence-electron chi connectivity index (χ2n) is 17.0. The van der Waals surface area contributed by atoms with Crippen LogP contribution in [0.2, 0.25) is 0 Å². The van der Waals surface area contributed by atoms with Gasteiger partial charge in [0.15, 0.2) is 5.75 Å². The summed E-state index contributed by atoms with van der Waals surface area (Å²) in [6.07, 6.45) is 6.70. The van der Waals surface area contributed by atoms with Crippen LogP contribution in [-0.4, -0.2) is 130 Å². The highest BCUT2D eigenvalue weighted by Crippen LogP contribution is 2.55. The maximum atomic E-state index is 14.5. The maximum absolute atomic E-state index is 14.5. The predicted molar refractivity (Wildman–Crippen MR) is 230 cm³/mol. The van der Waals surface area contributed by atoms with Gasteiger partial charge in [0.1, 0.15) is 23.4 Å². The Balaban J connectivity index is 1.71. The number of phenols is 3. The van der Waals surface area contributed by atoms with Gasteiger partial charge in [-0.1, -0.05) is 45.9 Å². The van der Waals surface area contributed by atoms with E-state index >= 15 is 0 Å². The van der Waals surface area contributed by atoms with E-state index in [-0.39, 0.29) is 50.5 Å². The van der Waals surface area contributed by atoms with E-state index in [9.17, 15) is 39.9 Å². The van der Waals surface area contributed by atoms with Crippen LogP contribution in [0.5, 0.6) is 23.0 Å². The molecule has 0 radical (unpaired) electrons. The van der Waals surface area contributed by atoms with Crippen LogP contribution in [0.3, 0.4) is 0 Å². The largest absolute Gasteiger partial charge is 0.507 e. The number of piperidine rings is 1. The number of aliphatic hydroxyl groups is 2. The monoisotopic (exact) mass is 850 g/mol. The molecule has 6 N–H and O–H groups in total.